The molecule has 0 radical (unpaired) electrons. The van der Waals surface area contributed by atoms with Crippen LogP contribution >= 0.6 is 0 Å². The molecule has 6 nitrogen and oxygen atoms in total. The van der Waals surface area contributed by atoms with Gasteiger partial charge in [-0.25, -0.2) is 12.8 Å². The van der Waals surface area contributed by atoms with E-state index in [4.69, 9.17) is 4.74 Å². The van der Waals surface area contributed by atoms with Crippen LogP contribution in [0.25, 0.3) is 0 Å². The molecule has 0 saturated carbocycles. The van der Waals surface area contributed by atoms with E-state index in [2.05, 4.69) is 0 Å². The number of anilines is 1. The van der Waals surface area contributed by atoms with Crippen molar-refractivity contribution < 1.29 is 22.3 Å². The SMILES string of the molecule is COc1ccc(CN(C)C(=O)c2ccc(N3CCCS3(=O)=O)cc2)cc1F. The van der Waals surface area contributed by atoms with Crippen LogP contribution in [0.15, 0.2) is 42.5 Å². The summed E-state index contributed by atoms with van der Waals surface area (Å²) in [7, 11) is -0.226. The van der Waals surface area contributed by atoms with E-state index in [1.165, 1.54) is 28.4 Å². The number of amides is 1. The number of ether oxygens (including phenoxy) is 1. The molecule has 1 fully saturated rings. The number of carbonyl (C=O) groups excluding carboxylic acids is 1. The third-order valence-corrected chi connectivity index (χ3v) is 6.35. The van der Waals surface area contributed by atoms with E-state index in [1.807, 2.05) is 0 Å². The third-order valence-electron chi connectivity index (χ3n) is 4.48. The molecule has 27 heavy (non-hydrogen) atoms. The quantitative estimate of drug-likeness (QED) is 0.785. The Bertz CT molecular complexity index is 945. The highest BCUT2D eigenvalue weighted by Crippen LogP contribution is 2.25. The maximum Gasteiger partial charge on any atom is 0.253 e. The van der Waals surface area contributed by atoms with E-state index in [1.54, 1.807) is 37.4 Å². The van der Waals surface area contributed by atoms with Crippen molar-refractivity contribution in [3.05, 3.63) is 59.4 Å². The molecule has 1 aliphatic heterocycles. The Morgan fingerprint density at radius 3 is 2.48 bits per heavy atom. The summed E-state index contributed by atoms with van der Waals surface area (Å²) in [5.41, 5.74) is 1.64. The Morgan fingerprint density at radius 2 is 1.93 bits per heavy atom. The third kappa shape index (κ3) is 4.05. The number of rotatable bonds is 5. The molecular weight excluding hydrogens is 371 g/mol. The summed E-state index contributed by atoms with van der Waals surface area (Å²) >= 11 is 0. The molecule has 1 heterocycles. The number of benzene rings is 2. The molecule has 144 valence electrons. The topological polar surface area (TPSA) is 66.9 Å². The number of hydrogen-bond donors (Lipinski definition) is 0. The van der Waals surface area contributed by atoms with Crippen LogP contribution in [0.2, 0.25) is 0 Å². The van der Waals surface area contributed by atoms with Gasteiger partial charge in [0.25, 0.3) is 5.91 Å². The molecule has 0 atom stereocenters. The molecule has 0 aromatic heterocycles. The number of halogens is 1. The number of nitrogens with zero attached hydrogens (tertiary/aromatic N) is 2. The van der Waals surface area contributed by atoms with Crippen LogP contribution < -0.4 is 9.04 Å². The van der Waals surface area contributed by atoms with Crippen LogP contribution in [0.4, 0.5) is 10.1 Å². The van der Waals surface area contributed by atoms with E-state index in [0.717, 1.165) is 0 Å². The summed E-state index contributed by atoms with van der Waals surface area (Å²) in [6.45, 7) is 0.695. The smallest absolute Gasteiger partial charge is 0.253 e. The maximum atomic E-state index is 13.8. The van der Waals surface area contributed by atoms with E-state index in [-0.39, 0.29) is 24.0 Å². The lowest BCUT2D eigenvalue weighted by Gasteiger charge is -2.19. The fraction of sp³-hybridized carbons (Fsp3) is 0.316. The van der Waals surface area contributed by atoms with Crippen molar-refractivity contribution >= 4 is 21.6 Å². The summed E-state index contributed by atoms with van der Waals surface area (Å²) in [6.07, 6.45) is 0.601. The van der Waals surface area contributed by atoms with Crippen LogP contribution in [0.1, 0.15) is 22.3 Å². The van der Waals surface area contributed by atoms with Crippen molar-refractivity contribution in [1.82, 2.24) is 4.90 Å². The minimum Gasteiger partial charge on any atom is -0.494 e. The monoisotopic (exact) mass is 392 g/mol. The molecule has 0 aliphatic carbocycles. The van der Waals surface area contributed by atoms with Crippen LogP contribution in [0.5, 0.6) is 5.75 Å². The van der Waals surface area contributed by atoms with Gasteiger partial charge in [-0.15, -0.1) is 0 Å². The second-order valence-corrected chi connectivity index (χ2v) is 8.43. The van der Waals surface area contributed by atoms with Crippen LogP contribution in [0, 0.1) is 5.82 Å². The number of sulfonamides is 1. The molecule has 1 amide bonds. The Morgan fingerprint density at radius 1 is 1.22 bits per heavy atom. The summed E-state index contributed by atoms with van der Waals surface area (Å²) < 4.78 is 44.0. The largest absolute Gasteiger partial charge is 0.494 e. The fourth-order valence-electron chi connectivity index (χ4n) is 3.07. The molecular formula is C19H21FN2O4S. The van der Waals surface area contributed by atoms with Gasteiger partial charge in [0.2, 0.25) is 10.0 Å². The van der Waals surface area contributed by atoms with Crippen LogP contribution in [-0.4, -0.2) is 45.7 Å². The normalized spacial score (nSPS) is 15.6. The average Bonchev–Trinajstić information content (AvgIpc) is 3.00. The zero-order chi connectivity index (χ0) is 19.6. The van der Waals surface area contributed by atoms with Crippen molar-refractivity contribution in [3.8, 4) is 5.75 Å². The molecule has 8 heteroatoms. The van der Waals surface area contributed by atoms with E-state index in [9.17, 15) is 17.6 Å². The first-order valence-corrected chi connectivity index (χ1v) is 10.1. The Labute approximate surface area is 158 Å². The van der Waals surface area contributed by atoms with E-state index in [0.29, 0.717) is 29.8 Å². The van der Waals surface area contributed by atoms with Crippen LogP contribution in [0.3, 0.4) is 0 Å². The highest BCUT2D eigenvalue weighted by molar-refractivity contribution is 7.93. The Hall–Kier alpha value is -2.61. The van der Waals surface area contributed by atoms with Gasteiger partial charge in [-0.2, -0.15) is 0 Å². The van der Waals surface area contributed by atoms with Crippen molar-refractivity contribution in [1.29, 1.82) is 0 Å². The first-order valence-electron chi connectivity index (χ1n) is 8.50. The Kier molecular flexibility index (Phi) is 5.36. The number of hydrogen-bond acceptors (Lipinski definition) is 4. The van der Waals surface area contributed by atoms with Gasteiger partial charge in [0.15, 0.2) is 11.6 Å². The van der Waals surface area contributed by atoms with Crippen LogP contribution in [-0.2, 0) is 16.6 Å². The van der Waals surface area contributed by atoms with E-state index >= 15 is 0 Å². The first-order chi connectivity index (χ1) is 12.8. The summed E-state index contributed by atoms with van der Waals surface area (Å²) in [6, 6.07) is 11.0. The van der Waals surface area contributed by atoms with E-state index < -0.39 is 15.8 Å². The minimum absolute atomic E-state index is 0.148. The van der Waals surface area contributed by atoms with Gasteiger partial charge >= 0.3 is 0 Å². The zero-order valence-electron chi connectivity index (χ0n) is 15.2. The van der Waals surface area contributed by atoms with Crippen molar-refractivity contribution in [2.45, 2.75) is 13.0 Å². The second-order valence-electron chi connectivity index (χ2n) is 6.42. The van der Waals surface area contributed by atoms with Crippen molar-refractivity contribution in [2.24, 2.45) is 0 Å². The Balaban J connectivity index is 1.71. The standard InChI is InChI=1S/C19H21FN2O4S/c1-21(13-14-4-9-18(26-2)17(20)12-14)19(23)15-5-7-16(8-6-15)22-10-3-11-27(22,24)25/h4-9,12H,3,10-11,13H2,1-2H3. The minimum atomic E-state index is -3.25. The number of methoxy groups -OCH3 is 1. The first kappa shape index (κ1) is 19.2. The summed E-state index contributed by atoms with van der Waals surface area (Å²) in [5.74, 6) is -0.413. The zero-order valence-corrected chi connectivity index (χ0v) is 16.0. The summed E-state index contributed by atoms with van der Waals surface area (Å²) in [5, 5.41) is 0. The maximum absolute atomic E-state index is 13.8. The molecule has 2 aromatic carbocycles. The molecule has 0 spiro atoms. The second kappa shape index (κ2) is 7.56. The highest BCUT2D eigenvalue weighted by Gasteiger charge is 2.28. The fourth-order valence-corrected chi connectivity index (χ4v) is 4.64. The molecule has 0 bridgehead atoms. The lowest BCUT2D eigenvalue weighted by Crippen LogP contribution is -2.27. The molecule has 2 aromatic rings. The van der Waals surface area contributed by atoms with Gasteiger partial charge < -0.3 is 9.64 Å². The van der Waals surface area contributed by atoms with Gasteiger partial charge in [-0.1, -0.05) is 6.07 Å². The predicted octanol–water partition coefficient (Wildman–Crippen LogP) is 2.65. The van der Waals surface area contributed by atoms with Crippen molar-refractivity contribution in [3.63, 3.8) is 0 Å². The molecule has 1 aliphatic rings. The van der Waals surface area contributed by atoms with Gasteiger partial charge in [-0.05, 0) is 48.4 Å². The molecule has 1 saturated heterocycles. The molecule has 0 N–H and O–H groups in total. The lowest BCUT2D eigenvalue weighted by atomic mass is 10.1. The number of carbonyl (C=O) groups is 1. The van der Waals surface area contributed by atoms with Gasteiger partial charge in [-0.3, -0.25) is 9.10 Å². The molecule has 0 unspecified atom stereocenters. The predicted molar refractivity (Wildman–Crippen MR) is 101 cm³/mol. The average molecular weight is 392 g/mol. The lowest BCUT2D eigenvalue weighted by molar-refractivity contribution is 0.0785. The summed E-state index contributed by atoms with van der Waals surface area (Å²) in [4.78, 5) is 14.1. The van der Waals surface area contributed by atoms with Gasteiger partial charge in [0.05, 0.1) is 18.6 Å². The van der Waals surface area contributed by atoms with Gasteiger partial charge in [0, 0.05) is 25.7 Å². The van der Waals surface area contributed by atoms with Crippen molar-refractivity contribution in [2.75, 3.05) is 30.8 Å². The highest BCUT2D eigenvalue weighted by atomic mass is 32.2. The van der Waals surface area contributed by atoms with Gasteiger partial charge in [0.1, 0.15) is 0 Å². The molecule has 3 rings (SSSR count).